The first-order valence-corrected chi connectivity index (χ1v) is 21.5. The highest BCUT2D eigenvalue weighted by atomic mass is 16.5. The molecule has 0 saturated heterocycles. The highest BCUT2D eigenvalue weighted by Gasteiger charge is 2.18. The molecule has 0 aromatic heterocycles. The number of unbranched alkanes of at least 4 members (excludes halogenated alkanes) is 11. The fourth-order valence-corrected chi connectivity index (χ4v) is 5.64. The van der Waals surface area contributed by atoms with Crippen LogP contribution in [-0.4, -0.2) is 59.3 Å². The quantitative estimate of drug-likeness (QED) is 0.0279. The van der Waals surface area contributed by atoms with E-state index < -0.39 is 24.5 Å². The maximum absolute atomic E-state index is 12.8. The van der Waals surface area contributed by atoms with Crippen LogP contribution in [0.15, 0.2) is 85.1 Å². The smallest absolute Gasteiger partial charge is 0.328 e. The predicted octanol–water partition coefficient (Wildman–Crippen LogP) is 10.5. The number of allylic oxidation sites excluding steroid dienone is 13. The minimum Gasteiger partial charge on any atom is -0.480 e. The Morgan fingerprint density at radius 3 is 1.55 bits per heavy atom. The zero-order chi connectivity index (χ0) is 41.2. The van der Waals surface area contributed by atoms with Crippen molar-refractivity contribution < 1.29 is 34.1 Å². The largest absolute Gasteiger partial charge is 0.480 e. The van der Waals surface area contributed by atoms with Crippen molar-refractivity contribution in [1.29, 1.82) is 0 Å². The molecule has 2 amide bonds. The Hall–Kier alpha value is -3.98. The number of carbonyl (C=O) groups is 4. The summed E-state index contributed by atoms with van der Waals surface area (Å²) in [6.07, 6.45) is 52.0. The summed E-state index contributed by atoms with van der Waals surface area (Å²) >= 11 is 0. The molecule has 0 bridgehead atoms. The first-order valence-electron chi connectivity index (χ1n) is 21.5. The molecule has 0 aromatic rings. The van der Waals surface area contributed by atoms with Gasteiger partial charge in [-0.3, -0.25) is 14.4 Å². The molecular formula is C47H76N2O7. The van der Waals surface area contributed by atoms with Crippen molar-refractivity contribution in [2.75, 3.05) is 13.2 Å². The van der Waals surface area contributed by atoms with Crippen molar-refractivity contribution >= 4 is 23.8 Å². The van der Waals surface area contributed by atoms with Crippen LogP contribution in [0.25, 0.3) is 0 Å². The van der Waals surface area contributed by atoms with Gasteiger partial charge in [-0.1, -0.05) is 144 Å². The Morgan fingerprint density at radius 2 is 1.02 bits per heavy atom. The van der Waals surface area contributed by atoms with Crippen molar-refractivity contribution in [1.82, 2.24) is 10.6 Å². The molecule has 0 radical (unpaired) electrons. The van der Waals surface area contributed by atoms with Gasteiger partial charge in [0.2, 0.25) is 11.8 Å². The van der Waals surface area contributed by atoms with Gasteiger partial charge in [-0.25, -0.2) is 4.79 Å². The molecule has 0 aliphatic heterocycles. The molecule has 0 aliphatic rings. The number of aliphatic hydroxyl groups excluding tert-OH is 1. The van der Waals surface area contributed by atoms with E-state index in [0.717, 1.165) is 103 Å². The van der Waals surface area contributed by atoms with Crippen molar-refractivity contribution in [3.8, 4) is 0 Å². The summed E-state index contributed by atoms with van der Waals surface area (Å²) in [5, 5.41) is 22.5. The highest BCUT2D eigenvalue weighted by molar-refractivity contribution is 5.87. The number of carboxylic acids is 1. The molecule has 9 nitrogen and oxygen atoms in total. The predicted molar refractivity (Wildman–Crippen MR) is 231 cm³/mol. The third-order valence-corrected chi connectivity index (χ3v) is 8.87. The zero-order valence-corrected chi connectivity index (χ0v) is 34.9. The van der Waals surface area contributed by atoms with E-state index in [-0.39, 0.29) is 30.9 Å². The second-order valence-corrected chi connectivity index (χ2v) is 14.0. The number of esters is 1. The number of hydrogen-bond acceptors (Lipinski definition) is 6. The van der Waals surface area contributed by atoms with E-state index in [1.54, 1.807) is 0 Å². The molecule has 0 rings (SSSR count). The lowest BCUT2D eigenvalue weighted by Crippen LogP contribution is -2.47. The van der Waals surface area contributed by atoms with Gasteiger partial charge in [0, 0.05) is 12.8 Å². The third-order valence-electron chi connectivity index (χ3n) is 8.87. The molecule has 0 fully saturated rings. The van der Waals surface area contributed by atoms with Gasteiger partial charge in [-0.05, 0) is 89.5 Å². The topological polar surface area (TPSA) is 142 Å². The van der Waals surface area contributed by atoms with E-state index in [1.165, 1.54) is 25.7 Å². The Morgan fingerprint density at radius 1 is 0.554 bits per heavy atom. The Bertz CT molecular complexity index is 1210. The van der Waals surface area contributed by atoms with Crippen LogP contribution in [0.4, 0.5) is 0 Å². The maximum Gasteiger partial charge on any atom is 0.328 e. The molecule has 316 valence electrons. The van der Waals surface area contributed by atoms with E-state index >= 15 is 0 Å². The summed E-state index contributed by atoms with van der Waals surface area (Å²) in [5.41, 5.74) is 0. The molecule has 0 saturated carbocycles. The van der Waals surface area contributed by atoms with E-state index in [0.29, 0.717) is 12.8 Å². The Kier molecular flexibility index (Phi) is 37.8. The fourth-order valence-electron chi connectivity index (χ4n) is 5.64. The van der Waals surface area contributed by atoms with Gasteiger partial charge >= 0.3 is 11.9 Å². The van der Waals surface area contributed by atoms with Crippen LogP contribution in [0.3, 0.4) is 0 Å². The summed E-state index contributed by atoms with van der Waals surface area (Å²) in [6, 6.07) is -1.39. The molecule has 4 N–H and O–H groups in total. The van der Waals surface area contributed by atoms with E-state index in [1.807, 2.05) is 6.08 Å². The van der Waals surface area contributed by atoms with Gasteiger partial charge in [0.15, 0.2) is 0 Å². The molecule has 0 aliphatic carbocycles. The van der Waals surface area contributed by atoms with Gasteiger partial charge in [-0.2, -0.15) is 0 Å². The number of amides is 2. The average Bonchev–Trinajstić information content (AvgIpc) is 3.18. The van der Waals surface area contributed by atoms with Crippen LogP contribution >= 0.6 is 0 Å². The molecule has 0 heterocycles. The normalized spacial score (nSPS) is 13.3. The summed E-state index contributed by atoms with van der Waals surface area (Å²) in [7, 11) is 0. The second kappa shape index (κ2) is 40.7. The average molecular weight is 781 g/mol. The van der Waals surface area contributed by atoms with Crippen LogP contribution < -0.4 is 10.6 Å². The monoisotopic (exact) mass is 781 g/mol. The Balaban J connectivity index is 4.43. The van der Waals surface area contributed by atoms with Crippen LogP contribution in [0.1, 0.15) is 162 Å². The third kappa shape index (κ3) is 37.0. The van der Waals surface area contributed by atoms with Gasteiger partial charge in [0.25, 0.3) is 0 Å². The number of ether oxygens (including phenoxy) is 1. The zero-order valence-electron chi connectivity index (χ0n) is 34.9. The summed E-state index contributed by atoms with van der Waals surface area (Å²) in [4.78, 5) is 47.5. The number of carbonyl (C=O) groups excluding carboxylic acids is 3. The van der Waals surface area contributed by atoms with Crippen LogP contribution in [-0.2, 0) is 23.9 Å². The second-order valence-electron chi connectivity index (χ2n) is 14.0. The first-order chi connectivity index (χ1) is 27.3. The van der Waals surface area contributed by atoms with Crippen molar-refractivity contribution in [2.24, 2.45) is 0 Å². The molecule has 0 aromatic carbocycles. The summed E-state index contributed by atoms with van der Waals surface area (Å²) in [5.74, 6) is -2.42. The van der Waals surface area contributed by atoms with Crippen molar-refractivity contribution in [3.05, 3.63) is 85.1 Å². The molecule has 2 atom stereocenters. The lowest BCUT2D eigenvalue weighted by atomic mass is 10.1. The molecule has 9 heteroatoms. The van der Waals surface area contributed by atoms with Gasteiger partial charge in [0.1, 0.15) is 12.1 Å². The lowest BCUT2D eigenvalue weighted by Gasteiger charge is -2.15. The molecule has 56 heavy (non-hydrogen) atoms. The standard InChI is InChI=1S/C47H76N2O7/c1-3-5-7-9-11-13-15-16-17-18-19-20-22-24-26-31-35-39-46(53)56-42(36-32-28-25-23-21-14-12-10-8-6-4-2)37-33-29-27-30-34-38-44(51)48-40-45(52)49-43(41-50)47(54)55/h5-8,11-14,16-17,23,25,32,36,42-43,50H,3-4,9-10,15,18-22,24,26-31,33-35,37-41H2,1-2H3,(H,48,51)(H,49,52)(H,54,55)/b7-5-,8-6-,13-11-,14-12-,17-16-,25-23-,36-32-. The van der Waals surface area contributed by atoms with E-state index in [9.17, 15) is 19.2 Å². The van der Waals surface area contributed by atoms with Crippen molar-refractivity contribution in [3.63, 3.8) is 0 Å². The van der Waals surface area contributed by atoms with Crippen molar-refractivity contribution in [2.45, 2.75) is 174 Å². The summed E-state index contributed by atoms with van der Waals surface area (Å²) < 4.78 is 5.91. The number of rotatable bonds is 37. The SMILES string of the molecule is CC/C=C\C/C=C\C/C=C\C/C=C\C(CCCCCCCC(=O)NCC(=O)NC(CO)C(=O)O)OC(=O)CCCCCCCCC/C=C\C/C=C\C/C=C\CC. The summed E-state index contributed by atoms with van der Waals surface area (Å²) in [6.45, 7) is 3.22. The number of aliphatic carboxylic acids is 1. The minimum absolute atomic E-state index is 0.133. The van der Waals surface area contributed by atoms with Crippen LogP contribution in [0.5, 0.6) is 0 Å². The number of hydrogen-bond donors (Lipinski definition) is 4. The lowest BCUT2D eigenvalue weighted by molar-refractivity contribution is -0.147. The van der Waals surface area contributed by atoms with Gasteiger partial charge < -0.3 is 25.6 Å². The van der Waals surface area contributed by atoms with Gasteiger partial charge in [-0.15, -0.1) is 0 Å². The number of nitrogens with one attached hydrogen (secondary N) is 2. The molecule has 2 unspecified atom stereocenters. The molecular weight excluding hydrogens is 705 g/mol. The van der Waals surface area contributed by atoms with Crippen LogP contribution in [0.2, 0.25) is 0 Å². The maximum atomic E-state index is 12.8. The minimum atomic E-state index is -1.39. The molecule has 0 spiro atoms. The first kappa shape index (κ1) is 52.0. The van der Waals surface area contributed by atoms with E-state index in [4.69, 9.17) is 14.9 Å². The number of carboxylic acid groups (broad SMARTS) is 1. The fraction of sp³-hybridized carbons (Fsp3) is 0.617. The van der Waals surface area contributed by atoms with Crippen LogP contribution in [0, 0.1) is 0 Å². The highest BCUT2D eigenvalue weighted by Crippen LogP contribution is 2.15. The number of aliphatic hydroxyl groups is 1. The van der Waals surface area contributed by atoms with E-state index in [2.05, 4.69) is 103 Å². The Labute approximate surface area is 339 Å². The van der Waals surface area contributed by atoms with Gasteiger partial charge in [0.05, 0.1) is 13.2 Å².